The van der Waals surface area contributed by atoms with Crippen molar-refractivity contribution in [1.82, 2.24) is 14.6 Å². The molecule has 0 spiro atoms. The molecule has 23 heavy (non-hydrogen) atoms. The van der Waals surface area contributed by atoms with Gasteiger partial charge in [0, 0.05) is 35.9 Å². The summed E-state index contributed by atoms with van der Waals surface area (Å²) in [5, 5.41) is 3.97. The molecule has 0 radical (unpaired) electrons. The number of amides is 2. The van der Waals surface area contributed by atoms with Crippen molar-refractivity contribution in [2.24, 2.45) is 0 Å². The Labute approximate surface area is 132 Å². The van der Waals surface area contributed by atoms with E-state index >= 15 is 0 Å². The van der Waals surface area contributed by atoms with Crippen molar-refractivity contribution in [3.8, 4) is 5.82 Å². The lowest BCUT2D eigenvalue weighted by molar-refractivity contribution is -0.137. The molecule has 3 rings (SSSR count). The fourth-order valence-electron chi connectivity index (χ4n) is 2.88. The Hall–Kier alpha value is -2.70. The summed E-state index contributed by atoms with van der Waals surface area (Å²) in [6, 6.07) is 3.52. The second kappa shape index (κ2) is 5.49. The van der Waals surface area contributed by atoms with Crippen LogP contribution < -0.4 is 0 Å². The highest BCUT2D eigenvalue weighted by molar-refractivity contribution is 6.08. The van der Waals surface area contributed by atoms with Gasteiger partial charge in [0.25, 0.3) is 0 Å². The number of aromatic nitrogens is 2. The molecule has 7 heteroatoms. The molecule has 0 unspecified atom stereocenters. The fraction of sp³-hybridized carbons (Fsp3) is 0.375. The summed E-state index contributed by atoms with van der Waals surface area (Å²) in [4.78, 5) is 36.9. The first kappa shape index (κ1) is 15.2. The summed E-state index contributed by atoms with van der Waals surface area (Å²) in [6.45, 7) is 5.25. The molecule has 0 bridgehead atoms. The number of Topliss-reactive ketones (excluding diaryl/α,β-unsaturated/α-hetero) is 1. The Morgan fingerprint density at radius 2 is 1.83 bits per heavy atom. The summed E-state index contributed by atoms with van der Waals surface area (Å²) in [7, 11) is 0. The lowest BCUT2D eigenvalue weighted by Crippen LogP contribution is -2.34. The van der Waals surface area contributed by atoms with Gasteiger partial charge in [0.1, 0.15) is 5.76 Å². The van der Waals surface area contributed by atoms with Crippen LogP contribution >= 0.6 is 0 Å². The maximum Gasteiger partial charge on any atom is 0.230 e. The fourth-order valence-corrected chi connectivity index (χ4v) is 2.88. The van der Waals surface area contributed by atoms with Gasteiger partial charge in [0.05, 0.1) is 6.54 Å². The zero-order valence-electron chi connectivity index (χ0n) is 13.3. The Balaban J connectivity index is 1.90. The van der Waals surface area contributed by atoms with E-state index in [1.807, 2.05) is 11.5 Å². The Morgan fingerprint density at radius 1 is 1.17 bits per heavy atom. The van der Waals surface area contributed by atoms with Crippen molar-refractivity contribution in [2.75, 3.05) is 6.54 Å². The van der Waals surface area contributed by atoms with Crippen LogP contribution in [0.2, 0.25) is 0 Å². The molecule has 2 amide bonds. The molecule has 2 aromatic rings. The van der Waals surface area contributed by atoms with Crippen LogP contribution in [-0.4, -0.2) is 38.8 Å². The first-order valence-corrected chi connectivity index (χ1v) is 7.37. The van der Waals surface area contributed by atoms with Crippen LogP contribution in [0.4, 0.5) is 0 Å². The van der Waals surface area contributed by atoms with Gasteiger partial charge >= 0.3 is 0 Å². The topological polar surface area (TPSA) is 85.4 Å². The number of ketones is 1. The van der Waals surface area contributed by atoms with E-state index in [1.165, 1.54) is 0 Å². The standard InChI is InChI=1S/C16H17N3O4/c1-9-6-12(11(3)19(9)14-7-10(2)23-17-14)13(20)8-18-15(21)4-5-16(18)22/h6-7H,4-5,8H2,1-3H3. The maximum atomic E-state index is 12.5. The van der Waals surface area contributed by atoms with E-state index in [9.17, 15) is 14.4 Å². The largest absolute Gasteiger partial charge is 0.360 e. The number of hydrogen-bond acceptors (Lipinski definition) is 5. The minimum absolute atomic E-state index is 0.184. The Bertz CT molecular complexity index is 799. The first-order chi connectivity index (χ1) is 10.9. The third kappa shape index (κ3) is 2.58. The third-order valence-electron chi connectivity index (χ3n) is 4.03. The van der Waals surface area contributed by atoms with Gasteiger partial charge in [-0.25, -0.2) is 0 Å². The number of carbonyl (C=O) groups is 3. The van der Waals surface area contributed by atoms with Crippen LogP contribution in [0.15, 0.2) is 16.7 Å². The molecule has 0 aromatic carbocycles. The minimum Gasteiger partial charge on any atom is -0.360 e. The molecule has 0 atom stereocenters. The quantitative estimate of drug-likeness (QED) is 0.633. The molecule has 7 nitrogen and oxygen atoms in total. The summed E-state index contributed by atoms with van der Waals surface area (Å²) in [5.74, 6) is 0.445. The van der Waals surface area contributed by atoms with E-state index in [-0.39, 0.29) is 37.0 Å². The molecule has 0 N–H and O–H groups in total. The van der Waals surface area contributed by atoms with E-state index in [4.69, 9.17) is 4.52 Å². The van der Waals surface area contributed by atoms with Gasteiger partial charge < -0.3 is 4.52 Å². The normalized spacial score (nSPS) is 14.8. The molecule has 0 saturated carbocycles. The second-order valence-corrected chi connectivity index (χ2v) is 5.71. The van der Waals surface area contributed by atoms with E-state index in [2.05, 4.69) is 5.16 Å². The average Bonchev–Trinajstić information content (AvgIpc) is 3.13. The highest BCUT2D eigenvalue weighted by Crippen LogP contribution is 2.22. The van der Waals surface area contributed by atoms with Gasteiger partial charge in [-0.1, -0.05) is 5.16 Å². The van der Waals surface area contributed by atoms with Crippen molar-refractivity contribution >= 4 is 17.6 Å². The summed E-state index contributed by atoms with van der Waals surface area (Å²) in [6.07, 6.45) is 0.368. The summed E-state index contributed by atoms with van der Waals surface area (Å²) < 4.78 is 6.90. The number of hydrogen-bond donors (Lipinski definition) is 0. The van der Waals surface area contributed by atoms with Crippen LogP contribution in [0, 0.1) is 20.8 Å². The summed E-state index contributed by atoms with van der Waals surface area (Å²) in [5.41, 5.74) is 2.02. The Morgan fingerprint density at radius 3 is 2.39 bits per heavy atom. The highest BCUT2D eigenvalue weighted by atomic mass is 16.5. The predicted molar refractivity (Wildman–Crippen MR) is 80.3 cm³/mol. The van der Waals surface area contributed by atoms with Crippen LogP contribution in [-0.2, 0) is 9.59 Å². The second-order valence-electron chi connectivity index (χ2n) is 5.71. The number of nitrogens with zero attached hydrogens (tertiary/aromatic N) is 3. The van der Waals surface area contributed by atoms with Crippen LogP contribution in [0.1, 0.15) is 40.3 Å². The Kier molecular flexibility index (Phi) is 3.63. The van der Waals surface area contributed by atoms with Crippen molar-refractivity contribution in [3.63, 3.8) is 0 Å². The molecule has 1 aliphatic rings. The zero-order valence-corrected chi connectivity index (χ0v) is 13.3. The van der Waals surface area contributed by atoms with E-state index in [0.29, 0.717) is 22.8 Å². The van der Waals surface area contributed by atoms with Crippen molar-refractivity contribution in [1.29, 1.82) is 0 Å². The van der Waals surface area contributed by atoms with Crippen molar-refractivity contribution in [2.45, 2.75) is 33.6 Å². The number of aryl methyl sites for hydroxylation is 2. The first-order valence-electron chi connectivity index (χ1n) is 7.37. The SMILES string of the molecule is Cc1cc(-n2c(C)cc(C(=O)CN3C(=O)CCC3=O)c2C)no1. The van der Waals surface area contributed by atoms with Crippen LogP contribution in [0.25, 0.3) is 5.82 Å². The lowest BCUT2D eigenvalue weighted by atomic mass is 10.1. The smallest absolute Gasteiger partial charge is 0.230 e. The number of imide groups is 1. The van der Waals surface area contributed by atoms with E-state index in [1.54, 1.807) is 26.0 Å². The predicted octanol–water partition coefficient (Wildman–Crippen LogP) is 1.72. The van der Waals surface area contributed by atoms with Crippen LogP contribution in [0.3, 0.4) is 0 Å². The molecule has 1 saturated heterocycles. The molecule has 1 fully saturated rings. The molecule has 0 aliphatic carbocycles. The summed E-state index contributed by atoms with van der Waals surface area (Å²) >= 11 is 0. The van der Waals surface area contributed by atoms with Crippen molar-refractivity contribution in [3.05, 3.63) is 34.8 Å². The molecular weight excluding hydrogens is 298 g/mol. The van der Waals surface area contributed by atoms with E-state index in [0.717, 1.165) is 10.6 Å². The molecule has 2 aromatic heterocycles. The van der Waals surface area contributed by atoms with Gasteiger partial charge in [-0.05, 0) is 26.8 Å². The lowest BCUT2D eigenvalue weighted by Gasteiger charge is -2.12. The van der Waals surface area contributed by atoms with Gasteiger partial charge in [-0.2, -0.15) is 0 Å². The van der Waals surface area contributed by atoms with Gasteiger partial charge in [0.2, 0.25) is 11.8 Å². The highest BCUT2D eigenvalue weighted by Gasteiger charge is 2.31. The zero-order chi connectivity index (χ0) is 16.7. The van der Waals surface area contributed by atoms with Gasteiger partial charge in [-0.15, -0.1) is 0 Å². The van der Waals surface area contributed by atoms with Gasteiger partial charge in [0.15, 0.2) is 11.6 Å². The minimum atomic E-state index is -0.288. The number of likely N-dealkylation sites (tertiary alicyclic amines) is 1. The molecular formula is C16H17N3O4. The van der Waals surface area contributed by atoms with Crippen molar-refractivity contribution < 1.29 is 18.9 Å². The number of carbonyl (C=O) groups excluding carboxylic acids is 3. The van der Waals surface area contributed by atoms with Crippen LogP contribution in [0.5, 0.6) is 0 Å². The molecule has 120 valence electrons. The van der Waals surface area contributed by atoms with Gasteiger partial charge in [-0.3, -0.25) is 23.9 Å². The van der Waals surface area contributed by atoms with E-state index < -0.39 is 0 Å². The average molecular weight is 315 g/mol. The molecule has 1 aliphatic heterocycles. The molecule has 3 heterocycles. The third-order valence-corrected chi connectivity index (χ3v) is 4.03. The number of rotatable bonds is 4. The monoisotopic (exact) mass is 315 g/mol. The maximum absolute atomic E-state index is 12.5.